The Morgan fingerprint density at radius 2 is 2.42 bits per heavy atom. The largest absolute Gasteiger partial charge is 0.453 e. The number of hydrogen-bond donors (Lipinski definition) is 0. The highest BCUT2D eigenvalue weighted by Gasteiger charge is 2.32. The predicted octanol–water partition coefficient (Wildman–Crippen LogP) is 0.987. The maximum atomic E-state index is 11.1. The van der Waals surface area contributed by atoms with E-state index in [9.17, 15) is 4.79 Å². The van der Waals surface area contributed by atoms with Crippen LogP contribution in [0.4, 0.5) is 4.79 Å². The molecule has 0 N–H and O–H groups in total. The molecule has 0 aromatic rings. The maximum absolute atomic E-state index is 11.1. The van der Waals surface area contributed by atoms with Gasteiger partial charge in [0, 0.05) is 12.6 Å². The van der Waals surface area contributed by atoms with Crippen LogP contribution in [0.15, 0.2) is 0 Å². The molecule has 0 radical (unpaired) electrons. The molecule has 1 heterocycles. The van der Waals surface area contributed by atoms with Crippen LogP contribution >= 0.6 is 0 Å². The SMILES string of the molecule is COC(=O)N1CC(C#N)CC1C. The van der Waals surface area contributed by atoms with Gasteiger partial charge in [0.25, 0.3) is 0 Å². The molecule has 0 saturated carbocycles. The number of nitriles is 1. The van der Waals surface area contributed by atoms with Gasteiger partial charge in [-0.1, -0.05) is 0 Å². The number of likely N-dealkylation sites (tertiary alicyclic amines) is 1. The molecular weight excluding hydrogens is 156 g/mol. The summed E-state index contributed by atoms with van der Waals surface area (Å²) in [6.07, 6.45) is 0.422. The molecule has 12 heavy (non-hydrogen) atoms. The van der Waals surface area contributed by atoms with Crippen LogP contribution in [0.5, 0.6) is 0 Å². The highest BCUT2D eigenvalue weighted by Crippen LogP contribution is 2.22. The van der Waals surface area contributed by atoms with Crippen LogP contribution in [0.25, 0.3) is 0 Å². The van der Waals surface area contributed by atoms with Crippen molar-refractivity contribution in [3.05, 3.63) is 0 Å². The molecule has 4 heteroatoms. The summed E-state index contributed by atoms with van der Waals surface area (Å²) < 4.78 is 4.57. The van der Waals surface area contributed by atoms with E-state index in [0.717, 1.165) is 6.42 Å². The average molecular weight is 168 g/mol. The van der Waals surface area contributed by atoms with Gasteiger partial charge >= 0.3 is 6.09 Å². The quantitative estimate of drug-likeness (QED) is 0.542. The molecule has 0 aromatic carbocycles. The lowest BCUT2D eigenvalue weighted by atomic mass is 10.1. The Morgan fingerprint density at radius 3 is 2.83 bits per heavy atom. The van der Waals surface area contributed by atoms with Crippen molar-refractivity contribution in [2.24, 2.45) is 5.92 Å². The summed E-state index contributed by atoms with van der Waals surface area (Å²) in [7, 11) is 1.36. The molecule has 66 valence electrons. The highest BCUT2D eigenvalue weighted by atomic mass is 16.5. The zero-order valence-corrected chi connectivity index (χ0v) is 7.28. The third-order valence-corrected chi connectivity index (χ3v) is 2.17. The number of carbonyl (C=O) groups excluding carboxylic acids is 1. The van der Waals surface area contributed by atoms with E-state index in [4.69, 9.17) is 5.26 Å². The first-order valence-corrected chi connectivity index (χ1v) is 3.93. The smallest absolute Gasteiger partial charge is 0.409 e. The minimum atomic E-state index is -0.333. The summed E-state index contributed by atoms with van der Waals surface area (Å²) >= 11 is 0. The average Bonchev–Trinajstić information content (AvgIpc) is 2.45. The van der Waals surface area contributed by atoms with Gasteiger partial charge in [-0.2, -0.15) is 5.26 Å². The van der Waals surface area contributed by atoms with Gasteiger partial charge < -0.3 is 9.64 Å². The van der Waals surface area contributed by atoms with E-state index in [1.54, 1.807) is 4.90 Å². The molecule has 0 bridgehead atoms. The fourth-order valence-corrected chi connectivity index (χ4v) is 1.50. The maximum Gasteiger partial charge on any atom is 0.409 e. The second-order valence-electron chi connectivity index (χ2n) is 3.03. The topological polar surface area (TPSA) is 53.3 Å². The number of carbonyl (C=O) groups is 1. The van der Waals surface area contributed by atoms with E-state index in [1.807, 2.05) is 6.92 Å². The van der Waals surface area contributed by atoms with Crippen molar-refractivity contribution >= 4 is 6.09 Å². The molecule has 1 saturated heterocycles. The van der Waals surface area contributed by atoms with Crippen molar-refractivity contribution in [3.8, 4) is 6.07 Å². The molecule has 2 atom stereocenters. The van der Waals surface area contributed by atoms with E-state index < -0.39 is 0 Å². The Balaban J connectivity index is 2.58. The highest BCUT2D eigenvalue weighted by molar-refractivity contribution is 5.68. The van der Waals surface area contributed by atoms with Gasteiger partial charge in [0.05, 0.1) is 19.1 Å². The fraction of sp³-hybridized carbons (Fsp3) is 0.750. The van der Waals surface area contributed by atoms with E-state index in [-0.39, 0.29) is 18.1 Å². The number of methoxy groups -OCH3 is 1. The molecule has 1 amide bonds. The van der Waals surface area contributed by atoms with Gasteiger partial charge in [-0.3, -0.25) is 0 Å². The molecule has 1 aliphatic rings. The van der Waals surface area contributed by atoms with Crippen molar-refractivity contribution in [1.82, 2.24) is 4.90 Å². The Morgan fingerprint density at radius 1 is 1.75 bits per heavy atom. The van der Waals surface area contributed by atoms with Crippen molar-refractivity contribution in [2.45, 2.75) is 19.4 Å². The number of rotatable bonds is 0. The van der Waals surface area contributed by atoms with Crippen LogP contribution in [-0.4, -0.2) is 30.7 Å². The Kier molecular flexibility index (Phi) is 2.54. The zero-order chi connectivity index (χ0) is 9.14. The molecule has 0 spiro atoms. The summed E-state index contributed by atoms with van der Waals surface area (Å²) in [5, 5.41) is 8.63. The predicted molar refractivity (Wildman–Crippen MR) is 42.3 cm³/mol. The first-order valence-electron chi connectivity index (χ1n) is 3.93. The zero-order valence-electron chi connectivity index (χ0n) is 7.28. The molecule has 0 aromatic heterocycles. The first-order chi connectivity index (χ1) is 5.69. The van der Waals surface area contributed by atoms with Gasteiger partial charge in [0.2, 0.25) is 0 Å². The van der Waals surface area contributed by atoms with Crippen molar-refractivity contribution in [3.63, 3.8) is 0 Å². The standard InChI is InChI=1S/C8H12N2O2/c1-6-3-7(4-9)5-10(6)8(11)12-2/h6-7H,3,5H2,1-2H3. The first kappa shape index (κ1) is 8.85. The minimum absolute atomic E-state index is 0.0286. The summed E-state index contributed by atoms with van der Waals surface area (Å²) in [5.41, 5.74) is 0. The number of nitrogens with zero attached hydrogens (tertiary/aromatic N) is 2. The van der Waals surface area contributed by atoms with Crippen LogP contribution in [0.2, 0.25) is 0 Å². The lowest BCUT2D eigenvalue weighted by Gasteiger charge is -2.18. The third kappa shape index (κ3) is 1.50. The van der Waals surface area contributed by atoms with E-state index in [2.05, 4.69) is 10.8 Å². The molecule has 1 rings (SSSR count). The van der Waals surface area contributed by atoms with Crippen LogP contribution < -0.4 is 0 Å². The molecule has 4 nitrogen and oxygen atoms in total. The van der Waals surface area contributed by atoms with Gasteiger partial charge in [-0.25, -0.2) is 4.79 Å². The molecule has 0 aliphatic carbocycles. The van der Waals surface area contributed by atoms with E-state index in [1.165, 1.54) is 7.11 Å². The van der Waals surface area contributed by atoms with Crippen LogP contribution in [-0.2, 0) is 4.74 Å². The lowest BCUT2D eigenvalue weighted by molar-refractivity contribution is 0.121. The summed E-state index contributed by atoms with van der Waals surface area (Å²) in [6, 6.07) is 2.28. The number of amides is 1. The normalized spacial score (nSPS) is 28.2. The Hall–Kier alpha value is -1.24. The second-order valence-corrected chi connectivity index (χ2v) is 3.03. The third-order valence-electron chi connectivity index (χ3n) is 2.17. The van der Waals surface area contributed by atoms with Gasteiger partial charge in [0.15, 0.2) is 0 Å². The Bertz CT molecular complexity index is 222. The van der Waals surface area contributed by atoms with Gasteiger partial charge in [-0.05, 0) is 13.3 Å². The second kappa shape index (κ2) is 3.44. The van der Waals surface area contributed by atoms with Gasteiger partial charge in [0.1, 0.15) is 0 Å². The fourth-order valence-electron chi connectivity index (χ4n) is 1.50. The minimum Gasteiger partial charge on any atom is -0.453 e. The van der Waals surface area contributed by atoms with E-state index >= 15 is 0 Å². The van der Waals surface area contributed by atoms with Crippen LogP contribution in [0.3, 0.4) is 0 Å². The monoisotopic (exact) mass is 168 g/mol. The Labute approximate surface area is 71.7 Å². The number of hydrogen-bond acceptors (Lipinski definition) is 3. The molecular formula is C8H12N2O2. The molecule has 2 unspecified atom stereocenters. The molecule has 1 fully saturated rings. The lowest BCUT2D eigenvalue weighted by Crippen LogP contribution is -2.33. The van der Waals surface area contributed by atoms with Crippen molar-refractivity contribution < 1.29 is 9.53 Å². The van der Waals surface area contributed by atoms with Gasteiger partial charge in [-0.15, -0.1) is 0 Å². The van der Waals surface area contributed by atoms with Crippen LogP contribution in [0, 0.1) is 17.2 Å². The summed E-state index contributed by atoms with van der Waals surface area (Å²) in [6.45, 7) is 2.43. The summed E-state index contributed by atoms with van der Waals surface area (Å²) in [5.74, 6) is -0.0286. The van der Waals surface area contributed by atoms with Crippen LogP contribution in [0.1, 0.15) is 13.3 Å². The molecule has 1 aliphatic heterocycles. The number of ether oxygens (including phenoxy) is 1. The van der Waals surface area contributed by atoms with Crippen molar-refractivity contribution in [1.29, 1.82) is 5.26 Å². The van der Waals surface area contributed by atoms with Crippen molar-refractivity contribution in [2.75, 3.05) is 13.7 Å². The summed E-state index contributed by atoms with van der Waals surface area (Å²) in [4.78, 5) is 12.7. The van der Waals surface area contributed by atoms with E-state index in [0.29, 0.717) is 6.54 Å².